The number of unbranched alkanes of at least 4 members (excludes halogenated alkanes) is 1. The number of benzene rings is 3. The summed E-state index contributed by atoms with van der Waals surface area (Å²) in [6.07, 6.45) is 0.915. The number of nitrogens with two attached hydrogens (primary N) is 1. The van der Waals surface area contributed by atoms with Crippen LogP contribution in [0.5, 0.6) is 5.75 Å². The van der Waals surface area contributed by atoms with Crippen molar-refractivity contribution in [1.82, 2.24) is 42.4 Å². The molecule has 6 amide bonds. The van der Waals surface area contributed by atoms with E-state index in [1.165, 1.54) is 26.2 Å². The van der Waals surface area contributed by atoms with Crippen molar-refractivity contribution in [2.75, 3.05) is 25.2 Å². The number of hydrogen-bond acceptors (Lipinski definition) is 14. The number of carboxylic acids is 1. The summed E-state index contributed by atoms with van der Waals surface area (Å²) in [7, 11) is 3.40. The molecule has 2 heterocycles. The SMILES string of the molecule is CONCCCC[C@@H]1NC(=O)[C@@H](Cc2c[nH]c3ccccc23)NC(=O)[C@H](Cc2ccc(O)cc2)NC(=O)[C@@H](NC(=O)[C@H](N)Cc2ccccc2)CSSC[C@@H](C(=O)O)NC(=O)[C@H]([C@@H](C)O)NC1=O. The van der Waals surface area contributed by atoms with Crippen molar-refractivity contribution in [3.05, 3.63) is 102 Å². The van der Waals surface area contributed by atoms with Crippen LogP contribution in [0.4, 0.5) is 0 Å². The largest absolute Gasteiger partial charge is 0.508 e. The first kappa shape index (κ1) is 52.8. The molecule has 1 aliphatic rings. The van der Waals surface area contributed by atoms with E-state index in [-0.39, 0.29) is 42.9 Å². The lowest BCUT2D eigenvalue weighted by Crippen LogP contribution is -2.61. The molecule has 1 fully saturated rings. The number of amides is 6. The van der Waals surface area contributed by atoms with Crippen LogP contribution < -0.4 is 43.1 Å². The summed E-state index contributed by atoms with van der Waals surface area (Å²) in [6.45, 7) is 1.63. The van der Waals surface area contributed by atoms with Crippen molar-refractivity contribution >= 4 is 73.9 Å². The van der Waals surface area contributed by atoms with Gasteiger partial charge in [-0.2, -0.15) is 0 Å². The predicted molar refractivity (Wildman–Crippen MR) is 257 cm³/mol. The number of para-hydroxylation sites is 1. The van der Waals surface area contributed by atoms with Gasteiger partial charge >= 0.3 is 5.97 Å². The summed E-state index contributed by atoms with van der Waals surface area (Å²) in [5.74, 6) is -6.91. The lowest BCUT2D eigenvalue weighted by Gasteiger charge is -2.28. The van der Waals surface area contributed by atoms with Gasteiger partial charge in [0.1, 0.15) is 42.0 Å². The average molecular weight is 978 g/mol. The number of aliphatic carboxylic acids is 1. The summed E-state index contributed by atoms with van der Waals surface area (Å²) in [4.78, 5) is 105. The topological polar surface area (TPSA) is 315 Å². The molecule has 4 aromatic rings. The third-order valence-electron chi connectivity index (χ3n) is 11.0. The van der Waals surface area contributed by atoms with E-state index in [1.807, 2.05) is 30.3 Å². The zero-order chi connectivity index (χ0) is 49.2. The van der Waals surface area contributed by atoms with Crippen LogP contribution in [-0.2, 0) is 57.7 Å². The van der Waals surface area contributed by atoms with Gasteiger partial charge in [0.25, 0.3) is 0 Å². The highest BCUT2D eigenvalue weighted by molar-refractivity contribution is 8.76. The number of aromatic hydroxyl groups is 1. The van der Waals surface area contributed by atoms with E-state index >= 15 is 0 Å². The van der Waals surface area contributed by atoms with E-state index in [2.05, 4.69) is 42.4 Å². The third-order valence-corrected chi connectivity index (χ3v) is 13.5. The molecule has 68 heavy (non-hydrogen) atoms. The number of aliphatic hydroxyl groups excluding tert-OH is 1. The number of aliphatic hydroxyl groups is 1. The molecule has 0 radical (unpaired) electrons. The van der Waals surface area contributed by atoms with E-state index in [1.54, 1.807) is 42.6 Å². The fourth-order valence-electron chi connectivity index (χ4n) is 7.29. The lowest BCUT2D eigenvalue weighted by molar-refractivity contribution is -0.142. The molecule has 8 atom stereocenters. The van der Waals surface area contributed by atoms with Gasteiger partial charge in [0.05, 0.1) is 19.3 Å². The normalized spacial score (nSPS) is 22.4. The monoisotopic (exact) mass is 977 g/mol. The van der Waals surface area contributed by atoms with Crippen molar-refractivity contribution in [2.24, 2.45) is 5.73 Å². The summed E-state index contributed by atoms with van der Waals surface area (Å²) in [5, 5.41) is 47.4. The molecule has 1 aliphatic heterocycles. The summed E-state index contributed by atoms with van der Waals surface area (Å²) < 4.78 is 0. The number of nitrogens with one attached hydrogen (secondary N) is 8. The van der Waals surface area contributed by atoms with E-state index in [0.29, 0.717) is 30.5 Å². The Balaban J connectivity index is 1.54. The number of carbonyl (C=O) groups excluding carboxylic acids is 6. The number of aromatic amines is 1. The molecule has 5 rings (SSSR count). The molecular formula is C46H59N9O11S2. The van der Waals surface area contributed by atoms with Gasteiger partial charge in [-0.25, -0.2) is 10.3 Å². The van der Waals surface area contributed by atoms with Crippen molar-refractivity contribution < 1.29 is 53.7 Å². The molecule has 0 unspecified atom stereocenters. The molecule has 0 saturated carbocycles. The zero-order valence-corrected chi connectivity index (χ0v) is 39.2. The maximum Gasteiger partial charge on any atom is 0.327 e. The first-order chi connectivity index (χ1) is 32.6. The van der Waals surface area contributed by atoms with Crippen molar-refractivity contribution in [3.8, 4) is 5.75 Å². The number of phenolic OH excluding ortho intramolecular Hbond substituents is 1. The smallest absolute Gasteiger partial charge is 0.327 e. The number of aromatic nitrogens is 1. The van der Waals surface area contributed by atoms with Gasteiger partial charge in [0.2, 0.25) is 35.4 Å². The molecule has 20 nitrogen and oxygen atoms in total. The highest BCUT2D eigenvalue weighted by Gasteiger charge is 2.36. The molecule has 0 bridgehead atoms. The van der Waals surface area contributed by atoms with Gasteiger partial charge in [0.15, 0.2) is 0 Å². The third kappa shape index (κ3) is 16.0. The Bertz CT molecular complexity index is 2340. The molecule has 0 aliphatic carbocycles. The molecular weight excluding hydrogens is 919 g/mol. The number of H-pyrrole nitrogens is 1. The number of carbonyl (C=O) groups is 7. The Morgan fingerprint density at radius 3 is 2.09 bits per heavy atom. The van der Waals surface area contributed by atoms with Gasteiger partial charge in [0, 0.05) is 48.0 Å². The van der Waals surface area contributed by atoms with E-state index in [4.69, 9.17) is 10.6 Å². The number of hydroxylamine groups is 1. The first-order valence-corrected chi connectivity index (χ1v) is 24.5. The van der Waals surface area contributed by atoms with Gasteiger partial charge in [-0.15, -0.1) is 0 Å². The minimum Gasteiger partial charge on any atom is -0.508 e. The lowest BCUT2D eigenvalue weighted by atomic mass is 10.0. The fraction of sp³-hybridized carbons (Fsp3) is 0.413. The summed E-state index contributed by atoms with van der Waals surface area (Å²) in [5.41, 5.74) is 11.7. The Morgan fingerprint density at radius 1 is 0.765 bits per heavy atom. The van der Waals surface area contributed by atoms with Crippen molar-refractivity contribution in [2.45, 2.75) is 93.8 Å². The van der Waals surface area contributed by atoms with Gasteiger partial charge in [-0.1, -0.05) is 82.3 Å². The second kappa shape index (κ2) is 26.4. The Morgan fingerprint density at radius 2 is 1.40 bits per heavy atom. The van der Waals surface area contributed by atoms with Crippen LogP contribution in [0.1, 0.15) is 42.9 Å². The van der Waals surface area contributed by atoms with Crippen LogP contribution >= 0.6 is 21.6 Å². The molecule has 13 N–H and O–H groups in total. The Hall–Kier alpha value is -6.17. The van der Waals surface area contributed by atoms with Crippen LogP contribution in [0.15, 0.2) is 85.1 Å². The molecule has 366 valence electrons. The highest BCUT2D eigenvalue weighted by atomic mass is 33.1. The minimum absolute atomic E-state index is 0.0259. The molecule has 1 saturated heterocycles. The quantitative estimate of drug-likeness (QED) is 0.0409. The fourth-order valence-corrected chi connectivity index (χ4v) is 9.61. The highest BCUT2D eigenvalue weighted by Crippen LogP contribution is 2.24. The summed E-state index contributed by atoms with van der Waals surface area (Å²) >= 11 is 0. The number of fused-ring (bicyclic) bond motifs is 1. The molecule has 22 heteroatoms. The second-order valence-corrected chi connectivity index (χ2v) is 18.8. The van der Waals surface area contributed by atoms with E-state index in [0.717, 1.165) is 38.1 Å². The van der Waals surface area contributed by atoms with Gasteiger partial charge in [-0.05, 0) is 67.5 Å². The van der Waals surface area contributed by atoms with Crippen LogP contribution in [0.2, 0.25) is 0 Å². The standard InChI is InChI=1S/C46H59N9O11S2/c1-26(56)39-45(63)54-38(46(64)65)25-68-67-24-37(53-40(58)32(47)20-27-10-4-3-5-11-27)44(62)51-35(21-28-15-17-30(57)18-16-28)42(60)52-36(22-29-23-48-33-13-7-6-12-31(29)33)43(61)50-34(41(59)55-39)14-8-9-19-49-66-2/h3-7,10-13,15-18,23,26,32,34-39,48-49,56-57H,8-9,14,19-22,24-25,47H2,1-2H3,(H,50,61)(H,51,62)(H,52,60)(H,53,58)(H,54,63)(H,55,59)(H,64,65)/t26-,32-,34+,35+,36-,37+,38+,39+/m1/s1. The maximum absolute atomic E-state index is 14.7. The number of hydrogen-bond donors (Lipinski definition) is 12. The molecule has 1 aromatic heterocycles. The second-order valence-electron chi connectivity index (χ2n) is 16.3. The predicted octanol–water partition coefficient (Wildman–Crippen LogP) is 0.319. The Kier molecular flexibility index (Phi) is 20.5. The average Bonchev–Trinajstić information content (AvgIpc) is 3.72. The first-order valence-electron chi connectivity index (χ1n) is 22.0. The summed E-state index contributed by atoms with van der Waals surface area (Å²) in [6, 6.07) is 12.5. The molecule has 3 aromatic carbocycles. The van der Waals surface area contributed by atoms with Crippen LogP contribution in [0, 0.1) is 0 Å². The van der Waals surface area contributed by atoms with Crippen molar-refractivity contribution in [1.29, 1.82) is 0 Å². The van der Waals surface area contributed by atoms with Crippen LogP contribution in [-0.4, -0.2) is 135 Å². The Labute approximate surface area is 400 Å². The van der Waals surface area contributed by atoms with Crippen LogP contribution in [0.3, 0.4) is 0 Å². The minimum atomic E-state index is -1.66. The van der Waals surface area contributed by atoms with Crippen molar-refractivity contribution in [3.63, 3.8) is 0 Å². The van der Waals surface area contributed by atoms with E-state index in [9.17, 15) is 48.9 Å². The van der Waals surface area contributed by atoms with Gasteiger partial charge in [-0.3, -0.25) is 28.8 Å². The van der Waals surface area contributed by atoms with Gasteiger partial charge < -0.3 is 62.8 Å². The number of carboxylic acid groups (broad SMARTS) is 1. The zero-order valence-electron chi connectivity index (χ0n) is 37.6. The number of rotatable bonds is 16. The molecule has 0 spiro atoms. The maximum atomic E-state index is 14.7. The number of phenols is 1. The van der Waals surface area contributed by atoms with E-state index < -0.39 is 89.8 Å². The van der Waals surface area contributed by atoms with Crippen LogP contribution in [0.25, 0.3) is 10.9 Å².